The highest BCUT2D eigenvalue weighted by Gasteiger charge is 2.43. The smallest absolute Gasteiger partial charge is 0.326 e. The van der Waals surface area contributed by atoms with Crippen molar-refractivity contribution in [3.8, 4) is 0 Å². The first kappa shape index (κ1) is 13.8. The third kappa shape index (κ3) is 3.23. The molecule has 18 heavy (non-hydrogen) atoms. The lowest BCUT2D eigenvalue weighted by molar-refractivity contribution is -0.152. The molecule has 0 aromatic heterocycles. The Morgan fingerprint density at radius 1 is 1.39 bits per heavy atom. The summed E-state index contributed by atoms with van der Waals surface area (Å²) in [4.78, 5) is 11.9. The van der Waals surface area contributed by atoms with Gasteiger partial charge in [0.25, 0.3) is 0 Å². The SMILES string of the molecule is CNC1(C(=O)OC)CCCC(OCCC2CC2)C1. The summed E-state index contributed by atoms with van der Waals surface area (Å²) < 4.78 is 10.9. The molecule has 2 atom stereocenters. The first-order chi connectivity index (χ1) is 8.70. The van der Waals surface area contributed by atoms with Gasteiger partial charge in [0.2, 0.25) is 0 Å². The Balaban J connectivity index is 1.82. The van der Waals surface area contributed by atoms with Crippen molar-refractivity contribution >= 4 is 5.97 Å². The third-order valence-electron chi connectivity index (χ3n) is 4.34. The third-order valence-corrected chi connectivity index (χ3v) is 4.34. The summed E-state index contributed by atoms with van der Waals surface area (Å²) in [6.45, 7) is 0.844. The summed E-state index contributed by atoms with van der Waals surface area (Å²) in [5.41, 5.74) is -0.531. The number of likely N-dealkylation sites (N-methyl/N-ethyl adjacent to an activating group) is 1. The van der Waals surface area contributed by atoms with Gasteiger partial charge in [0, 0.05) is 13.0 Å². The molecule has 4 nitrogen and oxygen atoms in total. The fourth-order valence-electron chi connectivity index (χ4n) is 2.88. The molecule has 0 amide bonds. The van der Waals surface area contributed by atoms with Gasteiger partial charge in [-0.2, -0.15) is 0 Å². The largest absolute Gasteiger partial charge is 0.468 e. The highest BCUT2D eigenvalue weighted by molar-refractivity contribution is 5.80. The van der Waals surface area contributed by atoms with Crippen molar-refractivity contribution in [2.24, 2.45) is 5.92 Å². The van der Waals surface area contributed by atoms with Crippen LogP contribution in [0.3, 0.4) is 0 Å². The molecule has 0 aromatic rings. The zero-order chi connectivity index (χ0) is 13.0. The maximum absolute atomic E-state index is 11.9. The Labute approximate surface area is 109 Å². The minimum absolute atomic E-state index is 0.152. The van der Waals surface area contributed by atoms with Crippen molar-refractivity contribution in [2.45, 2.75) is 56.6 Å². The highest BCUT2D eigenvalue weighted by Crippen LogP contribution is 2.34. The van der Waals surface area contributed by atoms with Gasteiger partial charge in [-0.05, 0) is 38.6 Å². The molecule has 0 aromatic carbocycles. The number of carbonyl (C=O) groups excluding carboxylic acids is 1. The lowest BCUT2D eigenvalue weighted by Gasteiger charge is -2.38. The van der Waals surface area contributed by atoms with Crippen LogP contribution < -0.4 is 5.32 Å². The Morgan fingerprint density at radius 2 is 2.17 bits per heavy atom. The predicted molar refractivity (Wildman–Crippen MR) is 69.4 cm³/mol. The van der Waals surface area contributed by atoms with Crippen molar-refractivity contribution in [1.82, 2.24) is 5.32 Å². The molecule has 0 aliphatic heterocycles. The molecule has 2 rings (SSSR count). The van der Waals surface area contributed by atoms with Gasteiger partial charge >= 0.3 is 5.97 Å². The van der Waals surface area contributed by atoms with E-state index in [0.29, 0.717) is 0 Å². The molecule has 0 heterocycles. The molecular formula is C14H25NO3. The van der Waals surface area contributed by atoms with Gasteiger partial charge in [0.05, 0.1) is 13.2 Å². The predicted octanol–water partition coefficient (Wildman–Crippen LogP) is 1.88. The Hall–Kier alpha value is -0.610. The summed E-state index contributed by atoms with van der Waals surface area (Å²) in [6, 6.07) is 0. The van der Waals surface area contributed by atoms with E-state index in [0.717, 1.165) is 38.2 Å². The fraction of sp³-hybridized carbons (Fsp3) is 0.929. The van der Waals surface area contributed by atoms with Crippen LogP contribution in [0.2, 0.25) is 0 Å². The van der Waals surface area contributed by atoms with E-state index in [2.05, 4.69) is 5.32 Å². The summed E-state index contributed by atoms with van der Waals surface area (Å²) in [5.74, 6) is 0.753. The second-order valence-electron chi connectivity index (χ2n) is 5.64. The van der Waals surface area contributed by atoms with Crippen molar-refractivity contribution in [1.29, 1.82) is 0 Å². The van der Waals surface area contributed by atoms with Crippen LogP contribution in [-0.2, 0) is 14.3 Å². The van der Waals surface area contributed by atoms with Crippen LogP contribution in [-0.4, -0.2) is 38.4 Å². The van der Waals surface area contributed by atoms with Gasteiger partial charge in [-0.1, -0.05) is 12.8 Å². The minimum atomic E-state index is -0.531. The van der Waals surface area contributed by atoms with Crippen molar-refractivity contribution < 1.29 is 14.3 Å². The Bertz CT molecular complexity index is 291. The van der Waals surface area contributed by atoms with Crippen LogP contribution in [0.4, 0.5) is 0 Å². The van der Waals surface area contributed by atoms with E-state index in [1.807, 2.05) is 7.05 Å². The molecule has 104 valence electrons. The molecule has 0 radical (unpaired) electrons. The molecule has 0 spiro atoms. The van der Waals surface area contributed by atoms with E-state index in [9.17, 15) is 4.79 Å². The first-order valence-electron chi connectivity index (χ1n) is 7.09. The van der Waals surface area contributed by atoms with Gasteiger partial charge < -0.3 is 14.8 Å². The standard InChI is InChI=1S/C14H25NO3/c1-15-14(13(16)17-2)8-3-4-12(10-14)18-9-7-11-5-6-11/h11-12,15H,3-10H2,1-2H3. The number of rotatable bonds is 6. The highest BCUT2D eigenvalue weighted by atomic mass is 16.5. The number of nitrogens with one attached hydrogen (secondary N) is 1. The molecule has 2 fully saturated rings. The number of carbonyl (C=O) groups is 1. The lowest BCUT2D eigenvalue weighted by Crippen LogP contribution is -2.55. The van der Waals surface area contributed by atoms with Crippen molar-refractivity contribution in [2.75, 3.05) is 20.8 Å². The van der Waals surface area contributed by atoms with E-state index < -0.39 is 5.54 Å². The normalized spacial score (nSPS) is 32.2. The van der Waals surface area contributed by atoms with Crippen LogP contribution in [0.25, 0.3) is 0 Å². The number of hydrogen-bond donors (Lipinski definition) is 1. The maximum Gasteiger partial charge on any atom is 0.326 e. The molecule has 2 aliphatic carbocycles. The molecule has 2 unspecified atom stereocenters. The minimum Gasteiger partial charge on any atom is -0.468 e. The fourth-order valence-corrected chi connectivity index (χ4v) is 2.88. The van der Waals surface area contributed by atoms with Crippen molar-refractivity contribution in [3.05, 3.63) is 0 Å². The summed E-state index contributed by atoms with van der Waals surface area (Å²) >= 11 is 0. The van der Waals surface area contributed by atoms with Crippen LogP contribution >= 0.6 is 0 Å². The lowest BCUT2D eigenvalue weighted by atomic mass is 9.80. The summed E-state index contributed by atoms with van der Waals surface area (Å²) in [6.07, 6.45) is 7.78. The number of methoxy groups -OCH3 is 1. The van der Waals surface area contributed by atoms with Crippen LogP contribution in [0.5, 0.6) is 0 Å². The summed E-state index contributed by atoms with van der Waals surface area (Å²) in [5, 5.41) is 3.16. The molecule has 0 bridgehead atoms. The zero-order valence-corrected chi connectivity index (χ0v) is 11.5. The zero-order valence-electron chi connectivity index (χ0n) is 11.5. The molecule has 0 saturated heterocycles. The maximum atomic E-state index is 11.9. The van der Waals surface area contributed by atoms with Crippen LogP contribution in [0.15, 0.2) is 0 Å². The van der Waals surface area contributed by atoms with Crippen molar-refractivity contribution in [3.63, 3.8) is 0 Å². The molecule has 2 saturated carbocycles. The molecule has 4 heteroatoms. The average Bonchev–Trinajstić information content (AvgIpc) is 3.22. The second kappa shape index (κ2) is 6.02. The van der Waals surface area contributed by atoms with Crippen LogP contribution in [0.1, 0.15) is 44.9 Å². The van der Waals surface area contributed by atoms with E-state index in [-0.39, 0.29) is 12.1 Å². The van der Waals surface area contributed by atoms with E-state index in [1.54, 1.807) is 0 Å². The second-order valence-corrected chi connectivity index (χ2v) is 5.64. The topological polar surface area (TPSA) is 47.6 Å². The Morgan fingerprint density at radius 3 is 2.78 bits per heavy atom. The van der Waals surface area contributed by atoms with Crippen LogP contribution in [0, 0.1) is 5.92 Å². The van der Waals surface area contributed by atoms with Gasteiger partial charge in [-0.3, -0.25) is 4.79 Å². The van der Waals surface area contributed by atoms with Gasteiger partial charge in [0.15, 0.2) is 0 Å². The van der Waals surface area contributed by atoms with E-state index in [1.165, 1.54) is 26.4 Å². The molecule has 1 N–H and O–H groups in total. The van der Waals surface area contributed by atoms with Gasteiger partial charge in [-0.25, -0.2) is 0 Å². The monoisotopic (exact) mass is 255 g/mol. The first-order valence-corrected chi connectivity index (χ1v) is 7.09. The quantitative estimate of drug-likeness (QED) is 0.736. The Kier molecular flexibility index (Phi) is 4.62. The molecular weight excluding hydrogens is 230 g/mol. The van der Waals surface area contributed by atoms with E-state index in [4.69, 9.17) is 9.47 Å². The average molecular weight is 255 g/mol. The van der Waals surface area contributed by atoms with E-state index >= 15 is 0 Å². The number of hydrogen-bond acceptors (Lipinski definition) is 4. The number of ether oxygens (including phenoxy) is 2. The molecule has 2 aliphatic rings. The summed E-state index contributed by atoms with van der Waals surface area (Å²) in [7, 11) is 3.29. The van der Waals surface area contributed by atoms with Gasteiger partial charge in [0.1, 0.15) is 5.54 Å². The van der Waals surface area contributed by atoms with Gasteiger partial charge in [-0.15, -0.1) is 0 Å². The number of esters is 1.